The third-order valence-electron chi connectivity index (χ3n) is 1.80. The van der Waals surface area contributed by atoms with Gasteiger partial charge in [-0.25, -0.2) is 8.78 Å². The third kappa shape index (κ3) is 1.27. The maximum absolute atomic E-state index is 12.7. The maximum Gasteiger partial charge on any atom is 0.180 e. The Morgan fingerprint density at radius 2 is 2.10 bits per heavy atom. The van der Waals surface area contributed by atoms with Gasteiger partial charge in [-0.3, -0.25) is 5.32 Å². The summed E-state index contributed by atoms with van der Waals surface area (Å²) < 4.78 is 25.1. The predicted octanol–water partition coefficient (Wildman–Crippen LogP) is 0.220. The molecule has 0 aliphatic carbocycles. The molecule has 10 heavy (non-hydrogen) atoms. The van der Waals surface area contributed by atoms with Gasteiger partial charge in [0.05, 0.1) is 0 Å². The lowest BCUT2D eigenvalue weighted by Crippen LogP contribution is -2.52. The number of nitrogens with one attached hydrogen (secondary N) is 1. The summed E-state index contributed by atoms with van der Waals surface area (Å²) in [5.74, 6) is -0.304. The van der Waals surface area contributed by atoms with Crippen LogP contribution in [0, 0.1) is 5.92 Å². The fraction of sp³-hybridized carbons (Fsp3) is 1.00. The van der Waals surface area contributed by atoms with Crippen molar-refractivity contribution < 1.29 is 13.9 Å². The lowest BCUT2D eigenvalue weighted by Gasteiger charge is -2.30. The lowest BCUT2D eigenvalue weighted by atomic mass is 9.97. The Hall–Kier alpha value is -0.220. The predicted molar refractivity (Wildman–Crippen MR) is 33.0 cm³/mol. The van der Waals surface area contributed by atoms with E-state index in [1.807, 2.05) is 0 Å². The smallest absolute Gasteiger partial charge is 0.180 e. The highest BCUT2D eigenvalue weighted by molar-refractivity contribution is 4.85. The number of aliphatic hydroxyl groups excluding tert-OH is 1. The molecule has 0 aromatic rings. The third-order valence-corrected chi connectivity index (χ3v) is 1.80. The molecule has 0 bridgehead atoms. The maximum atomic E-state index is 12.7. The van der Waals surface area contributed by atoms with Gasteiger partial charge in [-0.05, 0) is 0 Å². The average molecular weight is 151 g/mol. The number of aliphatic hydroxyl groups is 1. The van der Waals surface area contributed by atoms with Crippen molar-refractivity contribution in [2.24, 2.45) is 5.92 Å². The largest absolute Gasteiger partial charge is 0.386 e. The molecule has 1 heterocycles. The van der Waals surface area contributed by atoms with Crippen LogP contribution < -0.4 is 5.32 Å². The first-order chi connectivity index (χ1) is 4.63. The van der Waals surface area contributed by atoms with Gasteiger partial charge in [0, 0.05) is 12.5 Å². The van der Waals surface area contributed by atoms with E-state index in [1.165, 1.54) is 0 Å². The summed E-state index contributed by atoms with van der Waals surface area (Å²) >= 11 is 0. The number of halogens is 2. The molecular formula is C6H11F2NO. The standard InChI is InChI=1S/C6H11F2NO/c1-3-2-9-6(8)5(10)4(3)7/h3-6,9-10H,2H2,1H3. The summed E-state index contributed by atoms with van der Waals surface area (Å²) in [5, 5.41) is 11.2. The van der Waals surface area contributed by atoms with Gasteiger partial charge in [-0.15, -0.1) is 0 Å². The molecule has 0 saturated carbocycles. The van der Waals surface area contributed by atoms with E-state index < -0.39 is 18.6 Å². The lowest BCUT2D eigenvalue weighted by molar-refractivity contribution is -0.0487. The van der Waals surface area contributed by atoms with Crippen LogP contribution in [0.25, 0.3) is 0 Å². The fourth-order valence-electron chi connectivity index (χ4n) is 1.03. The Morgan fingerprint density at radius 1 is 1.50 bits per heavy atom. The summed E-state index contributed by atoms with van der Waals surface area (Å²) in [4.78, 5) is 0. The van der Waals surface area contributed by atoms with Crippen LogP contribution in [-0.4, -0.2) is 30.2 Å². The summed E-state index contributed by atoms with van der Waals surface area (Å²) in [5.41, 5.74) is 0. The molecule has 1 fully saturated rings. The van der Waals surface area contributed by atoms with Crippen LogP contribution in [0.1, 0.15) is 6.92 Å². The minimum atomic E-state index is -1.61. The van der Waals surface area contributed by atoms with E-state index in [1.54, 1.807) is 6.92 Å². The Balaban J connectivity index is 2.52. The summed E-state index contributed by atoms with van der Waals surface area (Å²) in [6, 6.07) is 0. The number of hydrogen-bond acceptors (Lipinski definition) is 2. The molecule has 4 atom stereocenters. The Bertz CT molecular complexity index is 108. The van der Waals surface area contributed by atoms with Gasteiger partial charge in [-0.2, -0.15) is 0 Å². The quantitative estimate of drug-likeness (QED) is 0.485. The van der Waals surface area contributed by atoms with Crippen LogP contribution in [0.4, 0.5) is 8.78 Å². The zero-order valence-corrected chi connectivity index (χ0v) is 5.72. The van der Waals surface area contributed by atoms with Gasteiger partial charge in [0.15, 0.2) is 6.30 Å². The monoisotopic (exact) mass is 151 g/mol. The van der Waals surface area contributed by atoms with E-state index in [-0.39, 0.29) is 5.92 Å². The van der Waals surface area contributed by atoms with E-state index in [4.69, 9.17) is 5.11 Å². The van der Waals surface area contributed by atoms with E-state index >= 15 is 0 Å². The molecule has 0 aromatic heterocycles. The van der Waals surface area contributed by atoms with Gasteiger partial charge in [0.2, 0.25) is 0 Å². The number of alkyl halides is 2. The average Bonchev–Trinajstić information content (AvgIpc) is 1.93. The highest BCUT2D eigenvalue weighted by Gasteiger charge is 2.36. The summed E-state index contributed by atoms with van der Waals surface area (Å²) in [6.07, 6.45) is -4.54. The van der Waals surface area contributed by atoms with Gasteiger partial charge in [0.25, 0.3) is 0 Å². The topological polar surface area (TPSA) is 32.3 Å². The van der Waals surface area contributed by atoms with E-state index in [0.717, 1.165) is 0 Å². The summed E-state index contributed by atoms with van der Waals surface area (Å²) in [7, 11) is 0. The highest BCUT2D eigenvalue weighted by Crippen LogP contribution is 2.18. The minimum absolute atomic E-state index is 0.291. The van der Waals surface area contributed by atoms with Crippen LogP contribution in [0.2, 0.25) is 0 Å². The molecule has 1 rings (SSSR count). The molecule has 0 spiro atoms. The SMILES string of the molecule is CC1CNC(F)C(O)C1F. The highest BCUT2D eigenvalue weighted by atomic mass is 19.1. The molecule has 1 saturated heterocycles. The van der Waals surface area contributed by atoms with Crippen molar-refractivity contribution in [3.05, 3.63) is 0 Å². The van der Waals surface area contributed by atoms with Crippen LogP contribution >= 0.6 is 0 Å². The zero-order chi connectivity index (χ0) is 7.72. The van der Waals surface area contributed by atoms with Crippen LogP contribution in [0.5, 0.6) is 0 Å². The first-order valence-corrected chi connectivity index (χ1v) is 3.32. The van der Waals surface area contributed by atoms with Crippen LogP contribution in [0.15, 0.2) is 0 Å². The van der Waals surface area contributed by atoms with Crippen LogP contribution in [0.3, 0.4) is 0 Å². The van der Waals surface area contributed by atoms with Gasteiger partial charge < -0.3 is 5.11 Å². The molecule has 4 unspecified atom stereocenters. The molecule has 1 aliphatic heterocycles. The molecular weight excluding hydrogens is 140 g/mol. The van der Waals surface area contributed by atoms with E-state index in [9.17, 15) is 8.78 Å². The van der Waals surface area contributed by atoms with Crippen molar-refractivity contribution in [2.75, 3.05) is 6.54 Å². The van der Waals surface area contributed by atoms with Crippen molar-refractivity contribution >= 4 is 0 Å². The van der Waals surface area contributed by atoms with E-state index in [0.29, 0.717) is 6.54 Å². The normalized spacial score (nSPS) is 49.2. The second kappa shape index (κ2) is 2.80. The Morgan fingerprint density at radius 3 is 2.60 bits per heavy atom. The first kappa shape index (κ1) is 7.88. The molecule has 0 amide bonds. The number of rotatable bonds is 0. The molecule has 2 N–H and O–H groups in total. The molecule has 0 radical (unpaired) electrons. The van der Waals surface area contributed by atoms with Crippen molar-refractivity contribution in [3.8, 4) is 0 Å². The Labute approximate surface area is 58.2 Å². The first-order valence-electron chi connectivity index (χ1n) is 3.32. The zero-order valence-electron chi connectivity index (χ0n) is 5.72. The van der Waals surface area contributed by atoms with Gasteiger partial charge >= 0.3 is 0 Å². The molecule has 60 valence electrons. The molecule has 1 aliphatic rings. The Kier molecular flexibility index (Phi) is 2.21. The number of hydrogen-bond donors (Lipinski definition) is 2. The second-order valence-corrected chi connectivity index (χ2v) is 2.72. The van der Waals surface area contributed by atoms with Gasteiger partial charge in [-0.1, -0.05) is 6.92 Å². The fourth-order valence-corrected chi connectivity index (χ4v) is 1.03. The molecule has 2 nitrogen and oxygen atoms in total. The van der Waals surface area contributed by atoms with Crippen molar-refractivity contribution in [3.63, 3.8) is 0 Å². The van der Waals surface area contributed by atoms with Crippen molar-refractivity contribution in [1.82, 2.24) is 5.32 Å². The van der Waals surface area contributed by atoms with Crippen LogP contribution in [-0.2, 0) is 0 Å². The van der Waals surface area contributed by atoms with E-state index in [2.05, 4.69) is 5.32 Å². The number of piperidine rings is 1. The second-order valence-electron chi connectivity index (χ2n) is 2.72. The van der Waals surface area contributed by atoms with Crippen molar-refractivity contribution in [2.45, 2.75) is 25.5 Å². The van der Waals surface area contributed by atoms with Gasteiger partial charge in [0.1, 0.15) is 12.3 Å². The van der Waals surface area contributed by atoms with Crippen molar-refractivity contribution in [1.29, 1.82) is 0 Å². The summed E-state index contributed by atoms with van der Waals surface area (Å²) in [6.45, 7) is 1.92. The molecule has 0 aromatic carbocycles. The minimum Gasteiger partial charge on any atom is -0.386 e. The molecule has 4 heteroatoms.